The Hall–Kier alpha value is -1.43. The van der Waals surface area contributed by atoms with Crippen LogP contribution in [0.4, 0.5) is 0 Å². The van der Waals surface area contributed by atoms with Gasteiger partial charge in [-0.1, -0.05) is 5.21 Å². The van der Waals surface area contributed by atoms with Crippen LogP contribution in [-0.4, -0.2) is 33.5 Å². The number of nitrogens with one attached hydrogen (secondary N) is 1. The number of nitrogens with zero attached hydrogens (tertiary/aromatic N) is 3. The summed E-state index contributed by atoms with van der Waals surface area (Å²) < 4.78 is 1.84. The summed E-state index contributed by atoms with van der Waals surface area (Å²) in [7, 11) is 0. The predicted octanol–water partition coefficient (Wildman–Crippen LogP) is -0.381. The van der Waals surface area contributed by atoms with Crippen LogP contribution in [0.3, 0.4) is 0 Å². The minimum absolute atomic E-state index is 0.0200. The molecule has 1 amide bonds. The lowest BCUT2D eigenvalue weighted by Crippen LogP contribution is -2.41. The monoisotopic (exact) mass is 223 g/mol. The van der Waals surface area contributed by atoms with Gasteiger partial charge in [0.2, 0.25) is 5.91 Å². The number of carbonyl (C=O) groups excluding carboxylic acids is 1. The van der Waals surface area contributed by atoms with Crippen LogP contribution in [-0.2, 0) is 11.2 Å². The first-order valence-corrected chi connectivity index (χ1v) is 5.57. The Balaban J connectivity index is 1.85. The number of hydrogen-bond donors (Lipinski definition) is 2. The maximum Gasteiger partial charge on any atom is 0.216 e. The Labute approximate surface area is 94.2 Å². The van der Waals surface area contributed by atoms with Crippen molar-refractivity contribution in [2.75, 3.05) is 6.54 Å². The fourth-order valence-corrected chi connectivity index (χ4v) is 1.79. The van der Waals surface area contributed by atoms with Gasteiger partial charge in [-0.15, -0.1) is 5.10 Å². The summed E-state index contributed by atoms with van der Waals surface area (Å²) in [5.41, 5.74) is 6.75. The number of rotatable bonds is 4. The van der Waals surface area contributed by atoms with Gasteiger partial charge in [0.25, 0.3) is 0 Å². The normalized spacial score (nSPS) is 23.9. The minimum atomic E-state index is -0.0200. The average molecular weight is 223 g/mol. The molecule has 0 aliphatic heterocycles. The van der Waals surface area contributed by atoms with Gasteiger partial charge in [0.15, 0.2) is 0 Å². The molecule has 1 aromatic heterocycles. The number of hydrogen-bond acceptors (Lipinski definition) is 4. The van der Waals surface area contributed by atoms with Crippen LogP contribution in [0.15, 0.2) is 6.20 Å². The molecule has 3 N–H and O–H groups in total. The van der Waals surface area contributed by atoms with Crippen molar-refractivity contribution in [3.63, 3.8) is 0 Å². The third-order valence-corrected chi connectivity index (χ3v) is 2.94. The largest absolute Gasteiger partial charge is 0.356 e. The lowest BCUT2D eigenvalue weighted by atomic mass is 9.87. The maximum absolute atomic E-state index is 10.7. The van der Waals surface area contributed by atoms with Crippen LogP contribution in [0, 0.1) is 0 Å². The molecule has 1 heterocycles. The topological polar surface area (TPSA) is 85.8 Å². The summed E-state index contributed by atoms with van der Waals surface area (Å²) in [6.07, 6.45) is 4.77. The van der Waals surface area contributed by atoms with E-state index in [-0.39, 0.29) is 11.9 Å². The van der Waals surface area contributed by atoms with Gasteiger partial charge in [-0.05, 0) is 12.8 Å². The summed E-state index contributed by atoms with van der Waals surface area (Å²) >= 11 is 0. The van der Waals surface area contributed by atoms with Crippen LogP contribution in [0.25, 0.3) is 0 Å². The molecule has 0 spiro atoms. The lowest BCUT2D eigenvalue weighted by Gasteiger charge is -2.32. The van der Waals surface area contributed by atoms with Crippen molar-refractivity contribution >= 4 is 5.91 Å². The Morgan fingerprint density at radius 2 is 2.50 bits per heavy atom. The molecule has 1 aromatic rings. The van der Waals surface area contributed by atoms with Crippen molar-refractivity contribution < 1.29 is 4.79 Å². The fraction of sp³-hybridized carbons (Fsp3) is 0.700. The molecule has 88 valence electrons. The SMILES string of the molecule is CC(=O)NCCc1cn(C2CCC2N)nn1. The molecule has 6 heteroatoms. The number of nitrogens with two attached hydrogens (primary N) is 1. The standard InChI is InChI=1S/C10H17N5O/c1-7(16)12-5-4-8-6-15(14-13-8)10-3-2-9(10)11/h6,9-10H,2-5,11H2,1H3,(H,12,16). The molecule has 1 aliphatic carbocycles. The van der Waals surface area contributed by atoms with Gasteiger partial charge in [-0.25, -0.2) is 4.68 Å². The molecule has 1 saturated carbocycles. The van der Waals surface area contributed by atoms with E-state index >= 15 is 0 Å². The van der Waals surface area contributed by atoms with Crippen LogP contribution in [0.1, 0.15) is 31.5 Å². The van der Waals surface area contributed by atoms with Gasteiger partial charge in [0, 0.05) is 32.1 Å². The molecule has 0 aromatic carbocycles. The Bertz CT molecular complexity index is 375. The van der Waals surface area contributed by atoms with Crippen molar-refractivity contribution in [2.24, 2.45) is 5.73 Å². The van der Waals surface area contributed by atoms with Crippen molar-refractivity contribution in [2.45, 2.75) is 38.3 Å². The summed E-state index contributed by atoms with van der Waals surface area (Å²) in [5, 5.41) is 10.8. The second-order valence-corrected chi connectivity index (χ2v) is 4.23. The van der Waals surface area contributed by atoms with Crippen LogP contribution >= 0.6 is 0 Å². The van der Waals surface area contributed by atoms with Gasteiger partial charge >= 0.3 is 0 Å². The van der Waals surface area contributed by atoms with E-state index in [1.807, 2.05) is 10.9 Å². The molecule has 1 aliphatic rings. The molecule has 2 atom stereocenters. The van der Waals surface area contributed by atoms with E-state index in [0.717, 1.165) is 18.5 Å². The van der Waals surface area contributed by atoms with E-state index in [1.165, 1.54) is 6.92 Å². The second kappa shape index (κ2) is 4.61. The molecule has 2 unspecified atom stereocenters. The smallest absolute Gasteiger partial charge is 0.216 e. The Kier molecular flexibility index (Phi) is 3.19. The summed E-state index contributed by atoms with van der Waals surface area (Å²) in [5.74, 6) is -0.0200. The summed E-state index contributed by atoms with van der Waals surface area (Å²) in [6, 6.07) is 0.520. The highest BCUT2D eigenvalue weighted by Crippen LogP contribution is 2.29. The molecule has 0 saturated heterocycles. The molecule has 16 heavy (non-hydrogen) atoms. The minimum Gasteiger partial charge on any atom is -0.356 e. The summed E-state index contributed by atoms with van der Waals surface area (Å²) in [4.78, 5) is 10.7. The maximum atomic E-state index is 10.7. The molecular weight excluding hydrogens is 206 g/mol. The molecule has 6 nitrogen and oxygen atoms in total. The van der Waals surface area contributed by atoms with Gasteiger partial charge in [-0.2, -0.15) is 0 Å². The lowest BCUT2D eigenvalue weighted by molar-refractivity contribution is -0.118. The zero-order valence-corrected chi connectivity index (χ0v) is 9.39. The van der Waals surface area contributed by atoms with E-state index in [9.17, 15) is 4.79 Å². The van der Waals surface area contributed by atoms with Crippen molar-refractivity contribution in [3.05, 3.63) is 11.9 Å². The Morgan fingerprint density at radius 1 is 1.69 bits per heavy atom. The summed E-state index contributed by atoms with van der Waals surface area (Å²) in [6.45, 7) is 2.11. The molecule has 0 radical (unpaired) electrons. The van der Waals surface area contributed by atoms with E-state index in [4.69, 9.17) is 5.73 Å². The van der Waals surface area contributed by atoms with Gasteiger partial charge in [-0.3, -0.25) is 4.79 Å². The zero-order chi connectivity index (χ0) is 11.5. The van der Waals surface area contributed by atoms with Crippen molar-refractivity contribution in [1.29, 1.82) is 0 Å². The van der Waals surface area contributed by atoms with Gasteiger partial charge in [0.1, 0.15) is 0 Å². The van der Waals surface area contributed by atoms with E-state index in [2.05, 4.69) is 15.6 Å². The molecule has 1 fully saturated rings. The quantitative estimate of drug-likeness (QED) is 0.728. The van der Waals surface area contributed by atoms with Crippen LogP contribution < -0.4 is 11.1 Å². The van der Waals surface area contributed by atoms with Gasteiger partial charge in [0.05, 0.1) is 11.7 Å². The predicted molar refractivity (Wildman–Crippen MR) is 58.7 cm³/mol. The van der Waals surface area contributed by atoms with Crippen molar-refractivity contribution in [3.8, 4) is 0 Å². The van der Waals surface area contributed by atoms with E-state index in [0.29, 0.717) is 19.0 Å². The van der Waals surface area contributed by atoms with Crippen LogP contribution in [0.5, 0.6) is 0 Å². The van der Waals surface area contributed by atoms with E-state index in [1.54, 1.807) is 0 Å². The first-order valence-electron chi connectivity index (χ1n) is 5.57. The third kappa shape index (κ3) is 2.38. The van der Waals surface area contributed by atoms with E-state index < -0.39 is 0 Å². The first kappa shape index (κ1) is 11.1. The van der Waals surface area contributed by atoms with Crippen LogP contribution in [0.2, 0.25) is 0 Å². The fourth-order valence-electron chi connectivity index (χ4n) is 1.79. The molecular formula is C10H17N5O. The highest BCUT2D eigenvalue weighted by molar-refractivity contribution is 5.72. The second-order valence-electron chi connectivity index (χ2n) is 4.23. The highest BCUT2D eigenvalue weighted by Gasteiger charge is 2.29. The Morgan fingerprint density at radius 3 is 3.06 bits per heavy atom. The first-order chi connectivity index (χ1) is 7.66. The third-order valence-electron chi connectivity index (χ3n) is 2.94. The average Bonchev–Trinajstić information content (AvgIpc) is 2.63. The van der Waals surface area contributed by atoms with Gasteiger partial charge < -0.3 is 11.1 Å². The molecule has 2 rings (SSSR count). The van der Waals surface area contributed by atoms with Crippen molar-refractivity contribution in [1.82, 2.24) is 20.3 Å². The number of carbonyl (C=O) groups is 1. The zero-order valence-electron chi connectivity index (χ0n) is 9.39. The molecule has 0 bridgehead atoms. The number of aromatic nitrogens is 3. The highest BCUT2D eigenvalue weighted by atomic mass is 16.1. The number of amides is 1.